The maximum Gasteiger partial charge on any atom is 0.313 e. The zero-order chi connectivity index (χ0) is 15.2. The molecule has 2 rings (SSSR count). The molecule has 108 valence electrons. The number of carbonyl (C=O) groups is 2. The standard InChI is InChI=1S/C15H12Cl2N2O2/c16-11-6-7-13(12(17)8-11)19-15(21)14(20)18-9-10-4-2-1-3-5-10/h1-8H,9H2,(H,18,20)(H,19,21). The van der Waals surface area contributed by atoms with Crippen molar-refractivity contribution in [2.75, 3.05) is 5.32 Å². The highest BCUT2D eigenvalue weighted by Crippen LogP contribution is 2.25. The van der Waals surface area contributed by atoms with Crippen LogP contribution in [0, 0.1) is 0 Å². The third-order valence-corrected chi connectivity index (χ3v) is 3.23. The SMILES string of the molecule is O=C(NCc1ccccc1)C(=O)Nc1ccc(Cl)cc1Cl. The summed E-state index contributed by atoms with van der Waals surface area (Å²) in [6.07, 6.45) is 0. The first kappa shape index (κ1) is 15.4. The van der Waals surface area contributed by atoms with Crippen molar-refractivity contribution in [2.24, 2.45) is 0 Å². The topological polar surface area (TPSA) is 58.2 Å². The summed E-state index contributed by atoms with van der Waals surface area (Å²) in [5.74, 6) is -1.51. The Balaban J connectivity index is 1.92. The third-order valence-electron chi connectivity index (χ3n) is 2.68. The van der Waals surface area contributed by atoms with Crippen LogP contribution in [-0.2, 0) is 16.1 Å². The summed E-state index contributed by atoms with van der Waals surface area (Å²) in [5.41, 5.74) is 1.24. The van der Waals surface area contributed by atoms with Crippen LogP contribution in [0.2, 0.25) is 10.0 Å². The number of hydrogen-bond acceptors (Lipinski definition) is 2. The van der Waals surface area contributed by atoms with Crippen LogP contribution >= 0.6 is 23.2 Å². The van der Waals surface area contributed by atoms with E-state index in [9.17, 15) is 9.59 Å². The van der Waals surface area contributed by atoms with Crippen LogP contribution in [0.15, 0.2) is 48.5 Å². The molecule has 2 aromatic carbocycles. The minimum Gasteiger partial charge on any atom is -0.344 e. The van der Waals surface area contributed by atoms with Gasteiger partial charge in [0.2, 0.25) is 0 Å². The Morgan fingerprint density at radius 2 is 1.67 bits per heavy atom. The molecule has 0 atom stereocenters. The van der Waals surface area contributed by atoms with Gasteiger partial charge in [-0.2, -0.15) is 0 Å². The molecule has 0 saturated heterocycles. The molecule has 0 aromatic heterocycles. The molecule has 0 aliphatic heterocycles. The smallest absolute Gasteiger partial charge is 0.313 e. The van der Waals surface area contributed by atoms with Crippen molar-refractivity contribution in [2.45, 2.75) is 6.54 Å². The summed E-state index contributed by atoms with van der Waals surface area (Å²) >= 11 is 11.7. The largest absolute Gasteiger partial charge is 0.344 e. The zero-order valence-electron chi connectivity index (χ0n) is 10.9. The van der Waals surface area contributed by atoms with Gasteiger partial charge in [-0.3, -0.25) is 9.59 Å². The van der Waals surface area contributed by atoms with Crippen LogP contribution in [-0.4, -0.2) is 11.8 Å². The summed E-state index contributed by atoms with van der Waals surface area (Å²) in [6.45, 7) is 0.279. The molecule has 0 fully saturated rings. The van der Waals surface area contributed by atoms with Gasteiger partial charge in [-0.1, -0.05) is 53.5 Å². The van der Waals surface area contributed by atoms with Gasteiger partial charge in [-0.05, 0) is 23.8 Å². The number of halogens is 2. The molecule has 2 aromatic rings. The van der Waals surface area contributed by atoms with Gasteiger partial charge in [0.05, 0.1) is 10.7 Å². The van der Waals surface area contributed by atoms with Gasteiger partial charge in [0.25, 0.3) is 0 Å². The normalized spacial score (nSPS) is 10.0. The van der Waals surface area contributed by atoms with Crippen molar-refractivity contribution in [3.05, 3.63) is 64.1 Å². The molecule has 2 amide bonds. The number of carbonyl (C=O) groups excluding carboxylic acids is 2. The summed E-state index contributed by atoms with van der Waals surface area (Å²) < 4.78 is 0. The first-order valence-electron chi connectivity index (χ1n) is 6.14. The Bertz CT molecular complexity index is 660. The summed E-state index contributed by atoms with van der Waals surface area (Å²) in [7, 11) is 0. The Morgan fingerprint density at radius 3 is 2.33 bits per heavy atom. The van der Waals surface area contributed by atoms with Gasteiger partial charge in [-0.25, -0.2) is 0 Å². The van der Waals surface area contributed by atoms with Gasteiger partial charge >= 0.3 is 11.8 Å². The number of rotatable bonds is 3. The molecule has 6 heteroatoms. The number of hydrogen-bond donors (Lipinski definition) is 2. The van der Waals surface area contributed by atoms with E-state index >= 15 is 0 Å². The van der Waals surface area contributed by atoms with Crippen LogP contribution in [0.25, 0.3) is 0 Å². The molecule has 0 unspecified atom stereocenters. The molecular weight excluding hydrogens is 311 g/mol. The lowest BCUT2D eigenvalue weighted by Gasteiger charge is -2.08. The Labute approximate surface area is 132 Å². The number of amides is 2. The van der Waals surface area contributed by atoms with E-state index < -0.39 is 11.8 Å². The average Bonchev–Trinajstić information content (AvgIpc) is 2.48. The van der Waals surface area contributed by atoms with E-state index in [1.165, 1.54) is 12.1 Å². The van der Waals surface area contributed by atoms with Crippen molar-refractivity contribution in [3.8, 4) is 0 Å². The molecule has 0 saturated carbocycles. The van der Waals surface area contributed by atoms with E-state index in [2.05, 4.69) is 10.6 Å². The number of nitrogens with one attached hydrogen (secondary N) is 2. The lowest BCUT2D eigenvalue weighted by atomic mass is 10.2. The highest BCUT2D eigenvalue weighted by Gasteiger charge is 2.14. The van der Waals surface area contributed by atoms with Gasteiger partial charge in [0.1, 0.15) is 0 Å². The van der Waals surface area contributed by atoms with Crippen LogP contribution in [0.1, 0.15) is 5.56 Å². The maximum absolute atomic E-state index is 11.8. The second-order valence-electron chi connectivity index (χ2n) is 4.25. The van der Waals surface area contributed by atoms with E-state index in [4.69, 9.17) is 23.2 Å². The lowest BCUT2D eigenvalue weighted by Crippen LogP contribution is -2.35. The molecule has 0 bridgehead atoms. The van der Waals surface area contributed by atoms with E-state index in [-0.39, 0.29) is 11.6 Å². The van der Waals surface area contributed by atoms with E-state index in [0.29, 0.717) is 10.7 Å². The van der Waals surface area contributed by atoms with E-state index in [1.54, 1.807) is 6.07 Å². The first-order valence-corrected chi connectivity index (χ1v) is 6.90. The number of anilines is 1. The fraction of sp³-hybridized carbons (Fsp3) is 0.0667. The van der Waals surface area contributed by atoms with Crippen molar-refractivity contribution < 1.29 is 9.59 Å². The second kappa shape index (κ2) is 7.11. The Kier molecular flexibility index (Phi) is 5.20. The molecule has 21 heavy (non-hydrogen) atoms. The summed E-state index contributed by atoms with van der Waals surface area (Å²) in [6, 6.07) is 13.9. The molecule has 0 heterocycles. The van der Waals surface area contributed by atoms with Crippen molar-refractivity contribution in [1.29, 1.82) is 0 Å². The van der Waals surface area contributed by atoms with Crippen molar-refractivity contribution in [3.63, 3.8) is 0 Å². The monoisotopic (exact) mass is 322 g/mol. The summed E-state index contributed by atoms with van der Waals surface area (Å²) in [5, 5.41) is 5.68. The highest BCUT2D eigenvalue weighted by atomic mass is 35.5. The second-order valence-corrected chi connectivity index (χ2v) is 5.09. The quantitative estimate of drug-likeness (QED) is 0.852. The molecule has 0 radical (unpaired) electrons. The van der Waals surface area contributed by atoms with Crippen LogP contribution < -0.4 is 10.6 Å². The number of benzene rings is 2. The molecule has 2 N–H and O–H groups in total. The van der Waals surface area contributed by atoms with Crippen LogP contribution in [0.3, 0.4) is 0 Å². The van der Waals surface area contributed by atoms with Crippen LogP contribution in [0.5, 0.6) is 0 Å². The van der Waals surface area contributed by atoms with Gasteiger partial charge in [-0.15, -0.1) is 0 Å². The van der Waals surface area contributed by atoms with Crippen LogP contribution in [0.4, 0.5) is 5.69 Å². The molecular formula is C15H12Cl2N2O2. The molecule has 0 aliphatic rings. The van der Waals surface area contributed by atoms with E-state index in [1.807, 2.05) is 30.3 Å². The predicted molar refractivity (Wildman–Crippen MR) is 83.4 cm³/mol. The fourth-order valence-electron chi connectivity index (χ4n) is 1.63. The van der Waals surface area contributed by atoms with Gasteiger partial charge < -0.3 is 10.6 Å². The lowest BCUT2D eigenvalue weighted by molar-refractivity contribution is -0.136. The van der Waals surface area contributed by atoms with Gasteiger partial charge in [0, 0.05) is 11.6 Å². The fourth-order valence-corrected chi connectivity index (χ4v) is 2.08. The summed E-state index contributed by atoms with van der Waals surface area (Å²) in [4.78, 5) is 23.5. The van der Waals surface area contributed by atoms with Crippen molar-refractivity contribution >= 4 is 40.7 Å². The maximum atomic E-state index is 11.8. The predicted octanol–water partition coefficient (Wildman–Crippen LogP) is 3.25. The third kappa shape index (κ3) is 4.48. The highest BCUT2D eigenvalue weighted by molar-refractivity contribution is 6.42. The molecule has 0 spiro atoms. The Hall–Kier alpha value is -2.04. The van der Waals surface area contributed by atoms with E-state index in [0.717, 1.165) is 5.56 Å². The minimum absolute atomic E-state index is 0.270. The zero-order valence-corrected chi connectivity index (χ0v) is 12.4. The average molecular weight is 323 g/mol. The minimum atomic E-state index is -0.782. The van der Waals surface area contributed by atoms with Gasteiger partial charge in [0.15, 0.2) is 0 Å². The first-order chi connectivity index (χ1) is 10.1. The Morgan fingerprint density at radius 1 is 0.952 bits per heavy atom. The van der Waals surface area contributed by atoms with Crippen molar-refractivity contribution in [1.82, 2.24) is 5.32 Å². The molecule has 0 aliphatic carbocycles. The molecule has 4 nitrogen and oxygen atoms in total.